The second kappa shape index (κ2) is 7.88. The minimum Gasteiger partial charge on any atom is -0.399 e. The van der Waals surface area contributed by atoms with E-state index in [2.05, 4.69) is 10.2 Å². The fraction of sp³-hybridized carbons (Fsp3) is 0.562. The number of benzene rings is 1. The van der Waals surface area contributed by atoms with E-state index >= 15 is 0 Å². The van der Waals surface area contributed by atoms with Gasteiger partial charge in [0, 0.05) is 38.1 Å². The molecule has 1 heterocycles. The number of carbonyl (C=O) groups excluding carboxylic acids is 1. The molecule has 21 heavy (non-hydrogen) atoms. The van der Waals surface area contributed by atoms with Gasteiger partial charge < -0.3 is 20.7 Å². The lowest BCUT2D eigenvalue weighted by molar-refractivity contribution is 0.0937. The van der Waals surface area contributed by atoms with Crippen LogP contribution in [0.15, 0.2) is 18.2 Å². The van der Waals surface area contributed by atoms with Gasteiger partial charge in [-0.15, -0.1) is 0 Å². The summed E-state index contributed by atoms with van der Waals surface area (Å²) in [5, 5.41) is 2.88. The van der Waals surface area contributed by atoms with Crippen LogP contribution >= 0.6 is 0 Å². The topological polar surface area (TPSA) is 67.6 Å². The van der Waals surface area contributed by atoms with Crippen molar-refractivity contribution in [3.05, 3.63) is 23.8 Å². The number of anilines is 2. The molecule has 0 unspecified atom stereocenters. The number of nitrogens with zero attached hydrogens (tertiary/aromatic N) is 1. The summed E-state index contributed by atoms with van der Waals surface area (Å²) in [7, 11) is 1.62. The average molecular weight is 291 g/mol. The van der Waals surface area contributed by atoms with Gasteiger partial charge in [0.05, 0.1) is 12.2 Å². The van der Waals surface area contributed by atoms with Crippen molar-refractivity contribution in [1.29, 1.82) is 0 Å². The molecule has 2 rings (SSSR count). The summed E-state index contributed by atoms with van der Waals surface area (Å²) in [5.41, 5.74) is 8.12. The van der Waals surface area contributed by atoms with E-state index in [1.165, 1.54) is 25.7 Å². The smallest absolute Gasteiger partial charge is 0.253 e. The van der Waals surface area contributed by atoms with E-state index in [4.69, 9.17) is 10.5 Å². The molecule has 0 bridgehead atoms. The van der Waals surface area contributed by atoms with Gasteiger partial charge in [-0.2, -0.15) is 0 Å². The highest BCUT2D eigenvalue weighted by Crippen LogP contribution is 2.25. The number of ether oxygens (including phenoxy) is 1. The van der Waals surface area contributed by atoms with Crippen molar-refractivity contribution < 1.29 is 9.53 Å². The number of rotatable bonds is 5. The molecule has 1 aromatic rings. The van der Waals surface area contributed by atoms with Crippen molar-refractivity contribution in [3.8, 4) is 0 Å². The predicted molar refractivity (Wildman–Crippen MR) is 85.7 cm³/mol. The van der Waals surface area contributed by atoms with E-state index in [-0.39, 0.29) is 5.91 Å². The van der Waals surface area contributed by atoms with Crippen LogP contribution in [0.3, 0.4) is 0 Å². The lowest BCUT2D eigenvalue weighted by atomic mass is 10.1. The zero-order valence-electron chi connectivity index (χ0n) is 12.7. The zero-order chi connectivity index (χ0) is 15.1. The lowest BCUT2D eigenvalue weighted by Crippen LogP contribution is -2.31. The SMILES string of the molecule is COCCNC(=O)c1cc(N)ccc1N1CCCCCC1. The van der Waals surface area contributed by atoms with Crippen LogP contribution in [0.4, 0.5) is 11.4 Å². The van der Waals surface area contributed by atoms with E-state index in [0.29, 0.717) is 24.4 Å². The van der Waals surface area contributed by atoms with Gasteiger partial charge in [-0.05, 0) is 31.0 Å². The Balaban J connectivity index is 2.17. The molecule has 116 valence electrons. The summed E-state index contributed by atoms with van der Waals surface area (Å²) in [4.78, 5) is 14.7. The average Bonchev–Trinajstić information content (AvgIpc) is 2.76. The second-order valence-electron chi connectivity index (χ2n) is 5.43. The summed E-state index contributed by atoms with van der Waals surface area (Å²) in [6.07, 6.45) is 4.88. The Morgan fingerprint density at radius 3 is 2.67 bits per heavy atom. The number of nitrogen functional groups attached to an aromatic ring is 1. The van der Waals surface area contributed by atoms with Crippen LogP contribution < -0.4 is 16.0 Å². The molecule has 0 radical (unpaired) electrons. The van der Waals surface area contributed by atoms with Gasteiger partial charge in [-0.1, -0.05) is 12.8 Å². The van der Waals surface area contributed by atoms with E-state index in [1.807, 2.05) is 12.1 Å². The van der Waals surface area contributed by atoms with Crippen LogP contribution in [0, 0.1) is 0 Å². The molecule has 0 saturated carbocycles. The fourth-order valence-electron chi connectivity index (χ4n) is 2.68. The number of amides is 1. The molecule has 0 atom stereocenters. The first-order valence-electron chi connectivity index (χ1n) is 7.64. The van der Waals surface area contributed by atoms with Gasteiger partial charge in [-0.3, -0.25) is 4.79 Å². The number of carbonyl (C=O) groups is 1. The van der Waals surface area contributed by atoms with Crippen molar-refractivity contribution >= 4 is 17.3 Å². The predicted octanol–water partition coefficient (Wildman–Crippen LogP) is 2.03. The van der Waals surface area contributed by atoms with E-state index < -0.39 is 0 Å². The molecule has 1 fully saturated rings. The number of methoxy groups -OCH3 is 1. The fourth-order valence-corrected chi connectivity index (χ4v) is 2.68. The zero-order valence-corrected chi connectivity index (χ0v) is 12.7. The van der Waals surface area contributed by atoms with Crippen molar-refractivity contribution in [2.24, 2.45) is 0 Å². The molecule has 1 aromatic carbocycles. The number of hydrogen-bond donors (Lipinski definition) is 2. The first-order chi connectivity index (χ1) is 10.2. The Labute approximate surface area is 126 Å². The maximum atomic E-state index is 12.4. The summed E-state index contributed by atoms with van der Waals surface area (Å²) in [6.45, 7) is 3.02. The van der Waals surface area contributed by atoms with Gasteiger partial charge in [0.15, 0.2) is 0 Å². The highest BCUT2D eigenvalue weighted by molar-refractivity contribution is 6.00. The summed E-state index contributed by atoms with van der Waals surface area (Å²) in [5.74, 6) is -0.0846. The third-order valence-corrected chi connectivity index (χ3v) is 3.80. The number of nitrogens with one attached hydrogen (secondary N) is 1. The Kier molecular flexibility index (Phi) is 5.87. The minimum atomic E-state index is -0.0846. The molecular weight excluding hydrogens is 266 g/mol. The Bertz CT molecular complexity index is 469. The van der Waals surface area contributed by atoms with Crippen LogP contribution in [0.25, 0.3) is 0 Å². The Hall–Kier alpha value is -1.75. The van der Waals surface area contributed by atoms with Crippen molar-refractivity contribution in [3.63, 3.8) is 0 Å². The van der Waals surface area contributed by atoms with Gasteiger partial charge in [0.25, 0.3) is 5.91 Å². The van der Waals surface area contributed by atoms with Gasteiger partial charge in [-0.25, -0.2) is 0 Å². The quantitative estimate of drug-likeness (QED) is 0.643. The molecule has 1 saturated heterocycles. The first-order valence-corrected chi connectivity index (χ1v) is 7.64. The Morgan fingerprint density at radius 2 is 2.00 bits per heavy atom. The normalized spacial score (nSPS) is 15.6. The van der Waals surface area contributed by atoms with E-state index in [9.17, 15) is 4.79 Å². The van der Waals surface area contributed by atoms with Gasteiger partial charge in [0.2, 0.25) is 0 Å². The standard InChI is InChI=1S/C16H25N3O2/c1-21-11-8-18-16(20)14-12-13(17)6-7-15(14)19-9-4-2-3-5-10-19/h6-7,12H,2-5,8-11,17H2,1H3,(H,18,20). The lowest BCUT2D eigenvalue weighted by Gasteiger charge is -2.25. The molecule has 5 heteroatoms. The van der Waals surface area contributed by atoms with Crippen molar-refractivity contribution in [1.82, 2.24) is 5.32 Å². The number of nitrogens with two attached hydrogens (primary N) is 1. The molecule has 1 aliphatic rings. The minimum absolute atomic E-state index is 0.0846. The molecular formula is C16H25N3O2. The molecule has 0 spiro atoms. The first kappa shape index (κ1) is 15.6. The second-order valence-corrected chi connectivity index (χ2v) is 5.43. The molecule has 0 aromatic heterocycles. The van der Waals surface area contributed by atoms with Crippen molar-refractivity contribution in [2.75, 3.05) is 44.0 Å². The highest BCUT2D eigenvalue weighted by Gasteiger charge is 2.18. The maximum Gasteiger partial charge on any atom is 0.253 e. The highest BCUT2D eigenvalue weighted by atomic mass is 16.5. The molecule has 1 aliphatic heterocycles. The van der Waals surface area contributed by atoms with Gasteiger partial charge in [0.1, 0.15) is 0 Å². The van der Waals surface area contributed by atoms with Crippen molar-refractivity contribution in [2.45, 2.75) is 25.7 Å². The summed E-state index contributed by atoms with van der Waals surface area (Å²) < 4.78 is 4.97. The van der Waals surface area contributed by atoms with Gasteiger partial charge >= 0.3 is 0 Å². The monoisotopic (exact) mass is 291 g/mol. The van der Waals surface area contributed by atoms with Crippen LogP contribution in [-0.4, -0.2) is 39.3 Å². The van der Waals surface area contributed by atoms with Crippen LogP contribution in [-0.2, 0) is 4.74 Å². The molecule has 5 nitrogen and oxygen atoms in total. The molecule has 0 aliphatic carbocycles. The number of hydrogen-bond acceptors (Lipinski definition) is 4. The summed E-state index contributed by atoms with van der Waals surface area (Å²) in [6, 6.07) is 5.60. The molecule has 3 N–H and O–H groups in total. The van der Waals surface area contributed by atoms with Crippen LogP contribution in [0.1, 0.15) is 36.0 Å². The molecule has 1 amide bonds. The largest absolute Gasteiger partial charge is 0.399 e. The maximum absolute atomic E-state index is 12.4. The van der Waals surface area contributed by atoms with E-state index in [1.54, 1.807) is 13.2 Å². The van der Waals surface area contributed by atoms with Crippen LogP contribution in [0.5, 0.6) is 0 Å². The Morgan fingerprint density at radius 1 is 1.29 bits per heavy atom. The van der Waals surface area contributed by atoms with Crippen LogP contribution in [0.2, 0.25) is 0 Å². The third-order valence-electron chi connectivity index (χ3n) is 3.80. The third kappa shape index (κ3) is 4.36. The van der Waals surface area contributed by atoms with E-state index in [0.717, 1.165) is 18.8 Å². The summed E-state index contributed by atoms with van der Waals surface area (Å²) >= 11 is 0.